The SMILES string of the molecule is CCOc1cc(/C=N\NC(=O)C(=O)NC)ccc1OCC(=O)Nc1ccccc1CC. The van der Waals surface area contributed by atoms with E-state index < -0.39 is 11.8 Å². The van der Waals surface area contributed by atoms with Crippen LogP contribution in [0.2, 0.25) is 0 Å². The van der Waals surface area contributed by atoms with Gasteiger partial charge in [0.15, 0.2) is 18.1 Å². The largest absolute Gasteiger partial charge is 0.490 e. The maximum Gasteiger partial charge on any atom is 0.329 e. The number of ether oxygens (including phenoxy) is 2. The highest BCUT2D eigenvalue weighted by Gasteiger charge is 2.11. The number of anilines is 1. The van der Waals surface area contributed by atoms with Gasteiger partial charge in [0, 0.05) is 12.7 Å². The molecule has 2 aromatic rings. The van der Waals surface area contributed by atoms with Gasteiger partial charge in [0.05, 0.1) is 12.8 Å². The molecule has 0 unspecified atom stereocenters. The molecule has 9 nitrogen and oxygen atoms in total. The van der Waals surface area contributed by atoms with Gasteiger partial charge in [-0.3, -0.25) is 14.4 Å². The van der Waals surface area contributed by atoms with Gasteiger partial charge in [-0.2, -0.15) is 5.10 Å². The Bertz CT molecular complexity index is 959. The first-order chi connectivity index (χ1) is 15.0. The number of nitrogens with zero attached hydrogens (tertiary/aromatic N) is 1. The lowest BCUT2D eigenvalue weighted by molar-refractivity contribution is -0.138. The summed E-state index contributed by atoms with van der Waals surface area (Å²) in [6.45, 7) is 4.04. The maximum absolute atomic E-state index is 12.3. The van der Waals surface area contributed by atoms with Crippen molar-refractivity contribution in [3.05, 3.63) is 53.6 Å². The van der Waals surface area contributed by atoms with Crippen LogP contribution in [0, 0.1) is 0 Å². The van der Waals surface area contributed by atoms with E-state index in [2.05, 4.69) is 21.2 Å². The fourth-order valence-electron chi connectivity index (χ4n) is 2.60. The van der Waals surface area contributed by atoms with E-state index in [0.717, 1.165) is 17.7 Å². The van der Waals surface area contributed by atoms with Crippen molar-refractivity contribution >= 4 is 29.6 Å². The molecule has 164 valence electrons. The number of aryl methyl sites for hydroxylation is 1. The molecule has 0 aliphatic rings. The molecule has 0 saturated heterocycles. The van der Waals surface area contributed by atoms with Crippen LogP contribution in [0.5, 0.6) is 11.5 Å². The first-order valence-corrected chi connectivity index (χ1v) is 9.81. The van der Waals surface area contributed by atoms with Gasteiger partial charge in [0.2, 0.25) is 0 Å². The fraction of sp³-hybridized carbons (Fsp3) is 0.273. The minimum atomic E-state index is -0.876. The van der Waals surface area contributed by atoms with E-state index >= 15 is 0 Å². The fourth-order valence-corrected chi connectivity index (χ4v) is 2.60. The predicted octanol–water partition coefficient (Wildman–Crippen LogP) is 1.86. The molecule has 31 heavy (non-hydrogen) atoms. The lowest BCUT2D eigenvalue weighted by Gasteiger charge is -2.13. The Labute approximate surface area is 180 Å². The summed E-state index contributed by atoms with van der Waals surface area (Å²) in [5.41, 5.74) is 4.52. The van der Waals surface area contributed by atoms with Crippen LogP contribution in [0.4, 0.5) is 5.69 Å². The zero-order valence-corrected chi connectivity index (χ0v) is 17.7. The number of carbonyl (C=O) groups is 3. The van der Waals surface area contributed by atoms with Crippen molar-refractivity contribution in [2.45, 2.75) is 20.3 Å². The van der Waals surface area contributed by atoms with E-state index in [1.807, 2.05) is 38.1 Å². The number of hydrogen-bond donors (Lipinski definition) is 3. The third-order valence-electron chi connectivity index (χ3n) is 4.11. The normalized spacial score (nSPS) is 10.4. The first-order valence-electron chi connectivity index (χ1n) is 9.81. The standard InChI is InChI=1S/C22H26N4O5/c1-4-16-8-6-7-9-17(16)25-20(27)14-31-18-11-10-15(12-19(18)30-5-2)13-24-26-22(29)21(28)23-3/h6-13H,4-5,14H2,1-3H3,(H,23,28)(H,25,27)(H,26,29)/b24-13-. The number of hydrogen-bond acceptors (Lipinski definition) is 6. The van der Waals surface area contributed by atoms with Crippen molar-refractivity contribution in [2.24, 2.45) is 5.10 Å². The van der Waals surface area contributed by atoms with Crippen molar-refractivity contribution in [1.82, 2.24) is 10.7 Å². The Hall–Kier alpha value is -3.88. The van der Waals surface area contributed by atoms with Crippen molar-refractivity contribution in [3.8, 4) is 11.5 Å². The quantitative estimate of drug-likeness (QED) is 0.321. The molecule has 9 heteroatoms. The predicted molar refractivity (Wildman–Crippen MR) is 117 cm³/mol. The second-order valence-corrected chi connectivity index (χ2v) is 6.26. The molecule has 0 atom stereocenters. The van der Waals surface area contributed by atoms with Crippen molar-refractivity contribution in [3.63, 3.8) is 0 Å². The van der Waals surface area contributed by atoms with E-state index in [0.29, 0.717) is 23.7 Å². The number of nitrogens with one attached hydrogen (secondary N) is 3. The van der Waals surface area contributed by atoms with Crippen LogP contribution in [-0.4, -0.2) is 44.2 Å². The van der Waals surface area contributed by atoms with Gasteiger partial charge in [-0.25, -0.2) is 5.43 Å². The summed E-state index contributed by atoms with van der Waals surface area (Å²) in [7, 11) is 1.35. The van der Waals surface area contributed by atoms with Gasteiger partial charge in [-0.05, 0) is 48.7 Å². The minimum absolute atomic E-state index is 0.187. The first kappa shape index (κ1) is 23.4. The monoisotopic (exact) mass is 426 g/mol. The van der Waals surface area contributed by atoms with Crippen LogP contribution in [0.1, 0.15) is 25.0 Å². The lowest BCUT2D eigenvalue weighted by atomic mass is 10.1. The van der Waals surface area contributed by atoms with E-state index in [9.17, 15) is 14.4 Å². The number of amides is 3. The summed E-state index contributed by atoms with van der Waals surface area (Å²) < 4.78 is 11.2. The summed E-state index contributed by atoms with van der Waals surface area (Å²) in [6.07, 6.45) is 2.17. The van der Waals surface area contributed by atoms with Gasteiger partial charge >= 0.3 is 11.8 Å². The van der Waals surface area contributed by atoms with Crippen molar-refractivity contribution in [2.75, 3.05) is 25.6 Å². The molecular formula is C22H26N4O5. The molecular weight excluding hydrogens is 400 g/mol. The highest BCUT2D eigenvalue weighted by Crippen LogP contribution is 2.28. The maximum atomic E-state index is 12.3. The number of likely N-dealkylation sites (N-methyl/N-ethyl adjacent to an activating group) is 1. The smallest absolute Gasteiger partial charge is 0.329 e. The zero-order valence-electron chi connectivity index (χ0n) is 17.7. The van der Waals surface area contributed by atoms with Crippen molar-refractivity contribution in [1.29, 1.82) is 0 Å². The molecule has 0 aliphatic carbocycles. The summed E-state index contributed by atoms with van der Waals surface area (Å²) in [4.78, 5) is 34.8. The average molecular weight is 426 g/mol. The number of benzene rings is 2. The summed E-state index contributed by atoms with van der Waals surface area (Å²) in [5, 5.41) is 8.78. The molecule has 0 fully saturated rings. The third-order valence-corrected chi connectivity index (χ3v) is 4.11. The minimum Gasteiger partial charge on any atom is -0.490 e. The third kappa shape index (κ3) is 7.14. The van der Waals surface area contributed by atoms with E-state index in [4.69, 9.17) is 9.47 Å². The molecule has 3 amide bonds. The second-order valence-electron chi connectivity index (χ2n) is 6.26. The molecule has 0 heterocycles. The van der Waals surface area contributed by atoms with Crippen LogP contribution >= 0.6 is 0 Å². The Morgan fingerprint density at radius 2 is 1.77 bits per heavy atom. The number of rotatable bonds is 9. The summed E-state index contributed by atoms with van der Waals surface area (Å²) in [6, 6.07) is 12.6. The Morgan fingerprint density at radius 3 is 2.48 bits per heavy atom. The zero-order chi connectivity index (χ0) is 22.6. The van der Waals surface area contributed by atoms with Crippen LogP contribution in [0.25, 0.3) is 0 Å². The molecule has 0 spiro atoms. The molecule has 3 N–H and O–H groups in total. The Kier molecular flexibility index (Phi) is 9.03. The lowest BCUT2D eigenvalue weighted by Crippen LogP contribution is -2.35. The van der Waals surface area contributed by atoms with Gasteiger partial charge < -0.3 is 20.1 Å². The molecule has 2 aromatic carbocycles. The van der Waals surface area contributed by atoms with Gasteiger partial charge in [0.1, 0.15) is 0 Å². The average Bonchev–Trinajstić information content (AvgIpc) is 2.78. The van der Waals surface area contributed by atoms with Gasteiger partial charge in [-0.1, -0.05) is 25.1 Å². The summed E-state index contributed by atoms with van der Waals surface area (Å²) in [5.74, 6) is -1.14. The molecule has 0 aliphatic heterocycles. The van der Waals surface area contributed by atoms with Crippen LogP contribution in [0.15, 0.2) is 47.6 Å². The Morgan fingerprint density at radius 1 is 1.00 bits per heavy atom. The van der Waals surface area contributed by atoms with Gasteiger partial charge in [-0.15, -0.1) is 0 Å². The Balaban J connectivity index is 2.01. The van der Waals surface area contributed by atoms with Crippen LogP contribution in [0.3, 0.4) is 0 Å². The molecule has 0 radical (unpaired) electrons. The van der Waals surface area contributed by atoms with Gasteiger partial charge in [0.25, 0.3) is 5.91 Å². The topological polar surface area (TPSA) is 118 Å². The highest BCUT2D eigenvalue weighted by atomic mass is 16.5. The highest BCUT2D eigenvalue weighted by molar-refractivity contribution is 6.35. The molecule has 2 rings (SSSR count). The number of para-hydroxylation sites is 1. The van der Waals surface area contributed by atoms with Crippen molar-refractivity contribution < 1.29 is 23.9 Å². The molecule has 0 bridgehead atoms. The van der Waals surface area contributed by atoms with Crippen LogP contribution in [-0.2, 0) is 20.8 Å². The van der Waals surface area contributed by atoms with Crippen LogP contribution < -0.4 is 25.5 Å². The number of carbonyl (C=O) groups excluding carboxylic acids is 3. The second kappa shape index (κ2) is 12.0. The van der Waals surface area contributed by atoms with E-state index in [1.54, 1.807) is 18.2 Å². The number of hydrazone groups is 1. The van der Waals surface area contributed by atoms with E-state index in [-0.39, 0.29) is 12.5 Å². The molecule has 0 aromatic heterocycles. The summed E-state index contributed by atoms with van der Waals surface area (Å²) >= 11 is 0. The van der Waals surface area contributed by atoms with E-state index in [1.165, 1.54) is 13.3 Å². The molecule has 0 saturated carbocycles.